The average molecular weight is 167 g/mol. The van der Waals surface area contributed by atoms with E-state index in [4.69, 9.17) is 5.11 Å². The molecule has 2 nitrogen and oxygen atoms in total. The van der Waals surface area contributed by atoms with Gasteiger partial charge in [-0.3, -0.25) is 4.98 Å². The van der Waals surface area contributed by atoms with Gasteiger partial charge in [0.2, 0.25) is 0 Å². The van der Waals surface area contributed by atoms with E-state index in [2.05, 4.69) is 4.98 Å². The van der Waals surface area contributed by atoms with Gasteiger partial charge >= 0.3 is 0 Å². The second-order valence-electron chi connectivity index (χ2n) is 2.34. The molecule has 0 saturated carbocycles. The van der Waals surface area contributed by atoms with Crippen molar-refractivity contribution in [1.82, 2.24) is 4.98 Å². The van der Waals surface area contributed by atoms with Crippen molar-refractivity contribution >= 4 is 0 Å². The predicted molar refractivity (Wildman–Crippen MR) is 51.1 cm³/mol. The maximum absolute atomic E-state index is 8.75. The van der Waals surface area contributed by atoms with E-state index >= 15 is 0 Å². The van der Waals surface area contributed by atoms with Gasteiger partial charge in [0.15, 0.2) is 0 Å². The number of rotatable bonds is 2. The van der Waals surface area contributed by atoms with Crippen molar-refractivity contribution in [3.63, 3.8) is 0 Å². The number of aliphatic hydroxyl groups is 1. The zero-order valence-corrected chi connectivity index (χ0v) is 7.99. The van der Waals surface area contributed by atoms with Gasteiger partial charge in [-0.25, -0.2) is 0 Å². The van der Waals surface area contributed by atoms with Gasteiger partial charge in [-0.05, 0) is 12.1 Å². The lowest BCUT2D eigenvalue weighted by molar-refractivity contribution is 0.271. The SMILES string of the molecule is CC.C[C@H](CO)c1ccccn1. The zero-order chi connectivity index (χ0) is 9.40. The largest absolute Gasteiger partial charge is 0.396 e. The Morgan fingerprint density at radius 1 is 1.42 bits per heavy atom. The highest BCUT2D eigenvalue weighted by atomic mass is 16.3. The normalized spacial score (nSPS) is 11.3. The molecule has 12 heavy (non-hydrogen) atoms. The van der Waals surface area contributed by atoms with E-state index < -0.39 is 0 Å². The number of nitrogens with zero attached hydrogens (tertiary/aromatic N) is 1. The molecular formula is C10H17NO. The van der Waals surface area contributed by atoms with E-state index in [1.54, 1.807) is 6.20 Å². The summed E-state index contributed by atoms with van der Waals surface area (Å²) in [7, 11) is 0. The molecule has 2 heteroatoms. The highest BCUT2D eigenvalue weighted by Gasteiger charge is 2.02. The maximum atomic E-state index is 8.75. The summed E-state index contributed by atoms with van der Waals surface area (Å²) in [4.78, 5) is 4.09. The van der Waals surface area contributed by atoms with Crippen molar-refractivity contribution in [2.24, 2.45) is 0 Å². The van der Waals surface area contributed by atoms with Gasteiger partial charge < -0.3 is 5.11 Å². The fourth-order valence-corrected chi connectivity index (χ4v) is 0.761. The number of pyridine rings is 1. The third kappa shape index (κ3) is 3.49. The lowest BCUT2D eigenvalue weighted by atomic mass is 10.1. The fourth-order valence-electron chi connectivity index (χ4n) is 0.761. The van der Waals surface area contributed by atoms with E-state index in [1.165, 1.54) is 0 Å². The summed E-state index contributed by atoms with van der Waals surface area (Å²) in [6, 6.07) is 5.71. The van der Waals surface area contributed by atoms with Crippen molar-refractivity contribution in [1.29, 1.82) is 0 Å². The summed E-state index contributed by atoms with van der Waals surface area (Å²) in [5.74, 6) is 0.154. The molecule has 0 saturated heterocycles. The Labute approximate surface area is 74.3 Å². The minimum atomic E-state index is 0.154. The van der Waals surface area contributed by atoms with Crippen LogP contribution in [0, 0.1) is 0 Å². The second kappa shape index (κ2) is 6.80. The summed E-state index contributed by atoms with van der Waals surface area (Å²) in [6.07, 6.45) is 1.74. The first-order valence-corrected chi connectivity index (χ1v) is 4.36. The first kappa shape index (κ1) is 11.1. The van der Waals surface area contributed by atoms with E-state index in [-0.39, 0.29) is 12.5 Å². The molecule has 0 fully saturated rings. The Morgan fingerprint density at radius 3 is 2.50 bits per heavy atom. The third-order valence-corrected chi connectivity index (χ3v) is 1.47. The van der Waals surface area contributed by atoms with E-state index in [0.717, 1.165) is 5.69 Å². The molecule has 0 unspecified atom stereocenters. The van der Waals surface area contributed by atoms with Crippen molar-refractivity contribution in [3.8, 4) is 0 Å². The number of aliphatic hydroxyl groups excluding tert-OH is 1. The van der Waals surface area contributed by atoms with Crippen LogP contribution in [0.1, 0.15) is 32.4 Å². The average Bonchev–Trinajstić information content (AvgIpc) is 2.21. The highest BCUT2D eigenvalue weighted by molar-refractivity contribution is 5.07. The van der Waals surface area contributed by atoms with Crippen LogP contribution in [0.3, 0.4) is 0 Å². The molecule has 1 heterocycles. The molecule has 0 aromatic carbocycles. The van der Waals surface area contributed by atoms with Crippen LogP contribution < -0.4 is 0 Å². The molecule has 0 aliphatic carbocycles. The lowest BCUT2D eigenvalue weighted by Gasteiger charge is -2.04. The Hall–Kier alpha value is -0.890. The Balaban J connectivity index is 0.000000561. The van der Waals surface area contributed by atoms with Crippen LogP contribution in [0.15, 0.2) is 24.4 Å². The summed E-state index contributed by atoms with van der Waals surface area (Å²) in [5.41, 5.74) is 0.949. The summed E-state index contributed by atoms with van der Waals surface area (Å²) in [5, 5.41) is 8.75. The summed E-state index contributed by atoms with van der Waals surface area (Å²) < 4.78 is 0. The van der Waals surface area contributed by atoms with Crippen LogP contribution in [-0.2, 0) is 0 Å². The summed E-state index contributed by atoms with van der Waals surface area (Å²) in [6.45, 7) is 6.11. The van der Waals surface area contributed by atoms with Gasteiger partial charge in [0, 0.05) is 17.8 Å². The van der Waals surface area contributed by atoms with E-state index in [1.807, 2.05) is 39.0 Å². The van der Waals surface area contributed by atoms with Crippen LogP contribution >= 0.6 is 0 Å². The molecule has 0 bridgehead atoms. The van der Waals surface area contributed by atoms with Crippen LogP contribution in [0.2, 0.25) is 0 Å². The molecular weight excluding hydrogens is 150 g/mol. The standard InChI is InChI=1S/C8H11NO.C2H6/c1-7(6-10)8-4-2-3-5-9-8;1-2/h2-5,7,10H,6H2,1H3;1-2H3/t7-;/m1./s1. The molecule has 1 aromatic heterocycles. The van der Waals surface area contributed by atoms with Crippen molar-refractivity contribution in [2.75, 3.05) is 6.61 Å². The fraction of sp³-hybridized carbons (Fsp3) is 0.500. The minimum absolute atomic E-state index is 0.154. The quantitative estimate of drug-likeness (QED) is 0.732. The number of hydrogen-bond acceptors (Lipinski definition) is 2. The molecule has 0 amide bonds. The second-order valence-corrected chi connectivity index (χ2v) is 2.34. The molecule has 1 rings (SSSR count). The topological polar surface area (TPSA) is 33.1 Å². The van der Waals surface area contributed by atoms with Gasteiger partial charge in [0.1, 0.15) is 0 Å². The summed E-state index contributed by atoms with van der Waals surface area (Å²) >= 11 is 0. The molecule has 0 aliphatic rings. The van der Waals surface area contributed by atoms with Crippen LogP contribution in [0.4, 0.5) is 0 Å². The number of aromatic nitrogens is 1. The van der Waals surface area contributed by atoms with Gasteiger partial charge in [-0.2, -0.15) is 0 Å². The predicted octanol–water partition coefficient (Wildman–Crippen LogP) is 2.20. The number of hydrogen-bond donors (Lipinski definition) is 1. The lowest BCUT2D eigenvalue weighted by Crippen LogP contribution is -2.00. The smallest absolute Gasteiger partial charge is 0.0512 e. The molecule has 68 valence electrons. The Bertz CT molecular complexity index is 186. The van der Waals surface area contributed by atoms with Crippen LogP contribution in [-0.4, -0.2) is 16.7 Å². The Morgan fingerprint density at radius 2 is 2.08 bits per heavy atom. The maximum Gasteiger partial charge on any atom is 0.0512 e. The first-order chi connectivity index (χ1) is 5.84. The highest BCUT2D eigenvalue weighted by Crippen LogP contribution is 2.08. The van der Waals surface area contributed by atoms with Gasteiger partial charge in [-0.1, -0.05) is 26.8 Å². The molecule has 0 spiro atoms. The van der Waals surface area contributed by atoms with Crippen molar-refractivity contribution < 1.29 is 5.11 Å². The van der Waals surface area contributed by atoms with E-state index in [0.29, 0.717) is 0 Å². The zero-order valence-electron chi connectivity index (χ0n) is 7.99. The van der Waals surface area contributed by atoms with Crippen molar-refractivity contribution in [3.05, 3.63) is 30.1 Å². The Kier molecular flexibility index (Phi) is 6.29. The molecule has 1 aromatic rings. The van der Waals surface area contributed by atoms with Crippen LogP contribution in [0.25, 0.3) is 0 Å². The third-order valence-electron chi connectivity index (χ3n) is 1.47. The van der Waals surface area contributed by atoms with Gasteiger partial charge in [0.05, 0.1) is 6.61 Å². The van der Waals surface area contributed by atoms with Gasteiger partial charge in [0.25, 0.3) is 0 Å². The van der Waals surface area contributed by atoms with E-state index in [9.17, 15) is 0 Å². The molecule has 0 aliphatic heterocycles. The molecule has 1 N–H and O–H groups in total. The van der Waals surface area contributed by atoms with Crippen LogP contribution in [0.5, 0.6) is 0 Å². The molecule has 0 radical (unpaired) electrons. The minimum Gasteiger partial charge on any atom is -0.396 e. The van der Waals surface area contributed by atoms with Gasteiger partial charge in [-0.15, -0.1) is 0 Å². The molecule has 1 atom stereocenters. The first-order valence-electron chi connectivity index (χ1n) is 4.36. The van der Waals surface area contributed by atoms with Crippen molar-refractivity contribution in [2.45, 2.75) is 26.7 Å². The monoisotopic (exact) mass is 167 g/mol.